The smallest absolute Gasteiger partial charge is 0.420 e. The van der Waals surface area contributed by atoms with Gasteiger partial charge < -0.3 is 9.30 Å². The lowest BCUT2D eigenvalue weighted by Gasteiger charge is -2.10. The fourth-order valence-corrected chi connectivity index (χ4v) is 6.15. The molecule has 0 spiro atoms. The van der Waals surface area contributed by atoms with Crippen LogP contribution in [0.1, 0.15) is 35.7 Å². The Balaban J connectivity index is 2.09. The summed E-state index contributed by atoms with van der Waals surface area (Å²) in [4.78, 5) is 16.7. The molecule has 0 atom stereocenters. The van der Waals surface area contributed by atoms with Gasteiger partial charge in [0.2, 0.25) is 0 Å². The number of sulfonamides is 1. The Bertz CT molecular complexity index is 1280. The molecule has 0 aliphatic heterocycles. The van der Waals surface area contributed by atoms with E-state index in [1.54, 1.807) is 24.4 Å². The van der Waals surface area contributed by atoms with Gasteiger partial charge in [0.1, 0.15) is 10.0 Å². The van der Waals surface area contributed by atoms with Crippen LogP contribution in [0.25, 0.3) is 11.1 Å². The number of carbonyl (C=O) groups is 1. The van der Waals surface area contributed by atoms with Crippen LogP contribution in [0, 0.1) is 24.2 Å². The van der Waals surface area contributed by atoms with Gasteiger partial charge in [-0.15, -0.1) is 11.3 Å². The maximum atomic E-state index is 12.9. The van der Waals surface area contributed by atoms with E-state index < -0.39 is 16.1 Å². The molecular weight excluding hydrogens is 448 g/mol. The van der Waals surface area contributed by atoms with Crippen LogP contribution in [0.5, 0.6) is 0 Å². The number of hydrogen-bond donors (Lipinski definition) is 1. The van der Waals surface area contributed by atoms with Crippen LogP contribution >= 0.6 is 11.3 Å². The molecule has 3 rings (SSSR count). The number of aryl methyl sites for hydroxylation is 1. The highest BCUT2D eigenvalue weighted by Crippen LogP contribution is 2.38. The maximum absolute atomic E-state index is 12.9. The molecule has 0 unspecified atom stereocenters. The quantitative estimate of drug-likeness (QED) is 0.554. The minimum absolute atomic E-state index is 0.0201. The Kier molecular flexibility index (Phi) is 7.01. The molecule has 2 aromatic heterocycles. The van der Waals surface area contributed by atoms with Gasteiger partial charge in [0.15, 0.2) is 0 Å². The summed E-state index contributed by atoms with van der Waals surface area (Å²) in [7, 11) is -3.08. The predicted molar refractivity (Wildman–Crippen MR) is 122 cm³/mol. The zero-order valence-corrected chi connectivity index (χ0v) is 19.9. The molecule has 0 bridgehead atoms. The van der Waals surface area contributed by atoms with Crippen molar-refractivity contribution in [3.63, 3.8) is 0 Å². The number of imidazole rings is 1. The lowest BCUT2D eigenvalue weighted by Crippen LogP contribution is -2.30. The first-order valence-corrected chi connectivity index (χ1v) is 12.2. The molecule has 3 aromatic rings. The van der Waals surface area contributed by atoms with E-state index in [0.717, 1.165) is 34.7 Å². The van der Waals surface area contributed by atoms with Crippen molar-refractivity contribution in [3.8, 4) is 17.2 Å². The van der Waals surface area contributed by atoms with Crippen LogP contribution in [0.15, 0.2) is 40.9 Å². The number of thiophene rings is 1. The maximum Gasteiger partial charge on any atom is 0.420 e. The molecule has 0 radical (unpaired) electrons. The molecule has 0 fully saturated rings. The van der Waals surface area contributed by atoms with Gasteiger partial charge in [0.05, 0.1) is 18.7 Å². The molecule has 1 N–H and O–H groups in total. The van der Waals surface area contributed by atoms with Crippen molar-refractivity contribution in [1.82, 2.24) is 14.3 Å². The van der Waals surface area contributed by atoms with E-state index in [2.05, 4.69) is 15.8 Å². The van der Waals surface area contributed by atoms with E-state index in [1.165, 1.54) is 0 Å². The molecule has 0 aliphatic carbocycles. The largest absolute Gasteiger partial charge is 0.452 e. The Hall–Kier alpha value is -3.16. The lowest BCUT2D eigenvalue weighted by atomic mass is 9.99. The van der Waals surface area contributed by atoms with Gasteiger partial charge >= 0.3 is 6.09 Å². The SMILES string of the molecule is COC(=O)NS(=O)(=O)c1sc(CC(C)C)cc1-c1ccc(Cn2ccnc2C)cc1C#N. The number of amides is 1. The van der Waals surface area contributed by atoms with Crippen LogP contribution in [-0.2, 0) is 27.7 Å². The van der Waals surface area contributed by atoms with Gasteiger partial charge in [0.25, 0.3) is 10.0 Å². The zero-order chi connectivity index (χ0) is 23.5. The number of nitrogens with zero attached hydrogens (tertiary/aromatic N) is 3. The van der Waals surface area contributed by atoms with Gasteiger partial charge in [-0.3, -0.25) is 0 Å². The number of ether oxygens (including phenoxy) is 1. The highest BCUT2D eigenvalue weighted by Gasteiger charge is 2.27. The van der Waals surface area contributed by atoms with E-state index in [-0.39, 0.29) is 4.21 Å². The van der Waals surface area contributed by atoms with E-state index in [0.29, 0.717) is 35.6 Å². The molecule has 8 nitrogen and oxygen atoms in total. The number of nitrogens with one attached hydrogen (secondary N) is 1. The number of rotatable bonds is 7. The summed E-state index contributed by atoms with van der Waals surface area (Å²) in [6.45, 7) is 6.51. The van der Waals surface area contributed by atoms with E-state index >= 15 is 0 Å². The molecule has 1 amide bonds. The van der Waals surface area contributed by atoms with Crippen LogP contribution in [0.3, 0.4) is 0 Å². The molecule has 32 heavy (non-hydrogen) atoms. The summed E-state index contributed by atoms with van der Waals surface area (Å²) in [5.41, 5.74) is 2.13. The van der Waals surface area contributed by atoms with Crippen molar-refractivity contribution in [1.29, 1.82) is 5.26 Å². The second-order valence-electron chi connectivity index (χ2n) is 7.70. The molecule has 0 saturated heterocycles. The molecule has 1 aromatic carbocycles. The Morgan fingerprint density at radius 1 is 1.31 bits per heavy atom. The zero-order valence-electron chi connectivity index (χ0n) is 18.2. The minimum Gasteiger partial charge on any atom is -0.452 e. The van der Waals surface area contributed by atoms with Crippen molar-refractivity contribution < 1.29 is 17.9 Å². The first-order chi connectivity index (χ1) is 15.1. The Morgan fingerprint density at radius 2 is 2.06 bits per heavy atom. The third kappa shape index (κ3) is 5.18. The molecule has 10 heteroatoms. The minimum atomic E-state index is -4.17. The van der Waals surface area contributed by atoms with E-state index in [9.17, 15) is 18.5 Å². The molecule has 2 heterocycles. The second kappa shape index (κ2) is 9.54. The number of aromatic nitrogens is 2. The first kappa shape index (κ1) is 23.5. The third-order valence-corrected chi connectivity index (χ3v) is 7.78. The predicted octanol–water partition coefficient (Wildman–Crippen LogP) is 4.08. The number of nitriles is 1. The van der Waals surface area contributed by atoms with Gasteiger partial charge in [-0.25, -0.2) is 22.9 Å². The van der Waals surface area contributed by atoms with Crippen molar-refractivity contribution in [3.05, 3.63) is 58.5 Å². The first-order valence-electron chi connectivity index (χ1n) is 9.89. The van der Waals surface area contributed by atoms with Crippen molar-refractivity contribution in [2.24, 2.45) is 5.92 Å². The molecular formula is C22H24N4O4S2. The van der Waals surface area contributed by atoms with Crippen molar-refractivity contribution >= 4 is 27.5 Å². The fraction of sp³-hybridized carbons (Fsp3) is 0.318. The summed E-state index contributed by atoms with van der Waals surface area (Å²) >= 11 is 1.09. The van der Waals surface area contributed by atoms with Crippen LogP contribution in [0.2, 0.25) is 0 Å². The average molecular weight is 473 g/mol. The number of methoxy groups -OCH3 is 1. The fourth-order valence-electron chi connectivity index (χ4n) is 3.30. The lowest BCUT2D eigenvalue weighted by molar-refractivity contribution is 0.177. The summed E-state index contributed by atoms with van der Waals surface area (Å²) in [6.07, 6.45) is 3.17. The summed E-state index contributed by atoms with van der Waals surface area (Å²) < 4.78 is 34.1. The monoisotopic (exact) mass is 472 g/mol. The van der Waals surface area contributed by atoms with Gasteiger partial charge in [-0.2, -0.15) is 5.26 Å². The molecule has 168 valence electrons. The topological polar surface area (TPSA) is 114 Å². The standard InChI is InChI=1S/C22H24N4O4S2/c1-14(2)9-18-11-20(21(31-18)32(28,29)25-22(27)30-4)19-6-5-16(10-17(19)12-23)13-26-8-7-24-15(26)3/h5-8,10-11,14H,9,13H2,1-4H3,(H,25,27). The molecule has 0 aliphatic rings. The van der Waals surface area contributed by atoms with Gasteiger partial charge in [0, 0.05) is 34.9 Å². The highest BCUT2D eigenvalue weighted by atomic mass is 32.2. The van der Waals surface area contributed by atoms with Crippen LogP contribution in [-0.4, -0.2) is 31.2 Å². The van der Waals surface area contributed by atoms with E-state index in [4.69, 9.17) is 0 Å². The second-order valence-corrected chi connectivity index (χ2v) is 10.7. The average Bonchev–Trinajstić information content (AvgIpc) is 3.33. The number of carbonyl (C=O) groups excluding carboxylic acids is 1. The Morgan fingerprint density at radius 3 is 2.66 bits per heavy atom. The summed E-state index contributed by atoms with van der Waals surface area (Å²) in [6, 6.07) is 9.32. The molecule has 0 saturated carbocycles. The van der Waals surface area contributed by atoms with Crippen molar-refractivity contribution in [2.45, 2.75) is 37.9 Å². The van der Waals surface area contributed by atoms with E-state index in [1.807, 2.05) is 42.3 Å². The van der Waals surface area contributed by atoms with Crippen LogP contribution < -0.4 is 4.72 Å². The number of benzene rings is 1. The Labute approximate surface area is 191 Å². The summed E-state index contributed by atoms with van der Waals surface area (Å²) in [5, 5.41) is 9.81. The van der Waals surface area contributed by atoms with Gasteiger partial charge in [-0.1, -0.05) is 26.0 Å². The van der Waals surface area contributed by atoms with Crippen molar-refractivity contribution in [2.75, 3.05) is 7.11 Å². The third-order valence-electron chi connectivity index (χ3n) is 4.78. The normalized spacial score (nSPS) is 11.4. The summed E-state index contributed by atoms with van der Waals surface area (Å²) in [5.74, 6) is 1.16. The highest BCUT2D eigenvalue weighted by molar-refractivity contribution is 7.92. The number of hydrogen-bond acceptors (Lipinski definition) is 7. The van der Waals surface area contributed by atoms with Gasteiger partial charge in [-0.05, 0) is 37.0 Å². The van der Waals surface area contributed by atoms with Crippen LogP contribution in [0.4, 0.5) is 4.79 Å².